The first-order valence-corrected chi connectivity index (χ1v) is 9.36. The predicted molar refractivity (Wildman–Crippen MR) is 108 cm³/mol. The molecule has 0 fully saturated rings. The molecule has 0 saturated carbocycles. The number of benzene rings is 2. The number of carbonyl (C=O) groups is 3. The summed E-state index contributed by atoms with van der Waals surface area (Å²) in [5, 5.41) is 0. The molecule has 2 aromatic rings. The van der Waals surface area contributed by atoms with E-state index in [1.807, 2.05) is 24.3 Å². The summed E-state index contributed by atoms with van der Waals surface area (Å²) >= 11 is 0. The zero-order valence-corrected chi connectivity index (χ0v) is 16.2. The first-order chi connectivity index (χ1) is 13.5. The Morgan fingerprint density at radius 1 is 1.07 bits per heavy atom. The van der Waals surface area contributed by atoms with Crippen molar-refractivity contribution < 1.29 is 19.1 Å². The number of aryl methyl sites for hydroxylation is 1. The monoisotopic (exact) mass is 380 g/mol. The number of fused-ring (bicyclic) bond motifs is 1. The van der Waals surface area contributed by atoms with Gasteiger partial charge in [-0.15, -0.1) is 0 Å². The lowest BCUT2D eigenvalue weighted by Gasteiger charge is -2.30. The van der Waals surface area contributed by atoms with Crippen LogP contribution in [0.5, 0.6) is 0 Å². The van der Waals surface area contributed by atoms with Gasteiger partial charge in [0.1, 0.15) is 0 Å². The van der Waals surface area contributed by atoms with Gasteiger partial charge in [-0.25, -0.2) is 4.79 Å². The highest BCUT2D eigenvalue weighted by Gasteiger charge is 2.24. The van der Waals surface area contributed by atoms with Crippen molar-refractivity contribution in [2.75, 3.05) is 30.0 Å². The van der Waals surface area contributed by atoms with Crippen LogP contribution in [0, 0.1) is 0 Å². The highest BCUT2D eigenvalue weighted by atomic mass is 16.5. The van der Waals surface area contributed by atoms with Crippen molar-refractivity contribution in [3.05, 3.63) is 59.7 Å². The summed E-state index contributed by atoms with van der Waals surface area (Å²) in [6.45, 7) is 2.30. The summed E-state index contributed by atoms with van der Waals surface area (Å²) in [6, 6.07) is 14.7. The minimum atomic E-state index is -0.516. The van der Waals surface area contributed by atoms with Crippen molar-refractivity contribution in [3.8, 4) is 0 Å². The summed E-state index contributed by atoms with van der Waals surface area (Å²) in [4.78, 5) is 40.4. The number of anilines is 2. The fraction of sp³-hybridized carbons (Fsp3) is 0.318. The van der Waals surface area contributed by atoms with Gasteiger partial charge in [0.15, 0.2) is 0 Å². The molecular weight excluding hydrogens is 356 g/mol. The fourth-order valence-corrected chi connectivity index (χ4v) is 3.57. The number of ether oxygens (including phenoxy) is 1. The molecule has 1 aliphatic rings. The molecule has 0 atom stereocenters. The van der Waals surface area contributed by atoms with E-state index in [0.29, 0.717) is 17.8 Å². The van der Waals surface area contributed by atoms with Gasteiger partial charge in [-0.1, -0.05) is 30.3 Å². The smallest absolute Gasteiger partial charge is 0.339 e. The number of methoxy groups -OCH3 is 1. The Morgan fingerprint density at radius 3 is 2.54 bits per heavy atom. The number of carbonyl (C=O) groups excluding carboxylic acids is 3. The number of hydrogen-bond acceptors (Lipinski definition) is 4. The van der Waals surface area contributed by atoms with Crippen LogP contribution in [0.1, 0.15) is 35.7 Å². The van der Waals surface area contributed by atoms with E-state index in [9.17, 15) is 14.4 Å². The van der Waals surface area contributed by atoms with Gasteiger partial charge in [0.25, 0.3) is 0 Å². The molecule has 3 rings (SSSR count). The molecule has 0 N–H and O–H groups in total. The zero-order chi connectivity index (χ0) is 20.1. The average Bonchev–Trinajstić information content (AvgIpc) is 2.72. The SMILES string of the molecule is COC(=O)c1ccccc1N(CCC(=O)N1CCCc2ccccc21)C(C)=O. The summed E-state index contributed by atoms with van der Waals surface area (Å²) in [7, 11) is 1.30. The summed E-state index contributed by atoms with van der Waals surface area (Å²) in [5.74, 6) is -0.782. The average molecular weight is 380 g/mol. The Kier molecular flexibility index (Phi) is 6.09. The molecule has 28 heavy (non-hydrogen) atoms. The summed E-state index contributed by atoms with van der Waals surface area (Å²) < 4.78 is 4.81. The van der Waals surface area contributed by atoms with Crippen LogP contribution < -0.4 is 9.80 Å². The van der Waals surface area contributed by atoms with Gasteiger partial charge < -0.3 is 14.5 Å². The Hall–Kier alpha value is -3.15. The molecule has 0 saturated heterocycles. The first-order valence-electron chi connectivity index (χ1n) is 9.36. The molecule has 0 unspecified atom stereocenters. The maximum atomic E-state index is 12.9. The molecule has 2 amide bonds. The van der Waals surface area contributed by atoms with Gasteiger partial charge in [-0.2, -0.15) is 0 Å². The second-order valence-electron chi connectivity index (χ2n) is 6.71. The van der Waals surface area contributed by atoms with Crippen LogP contribution in [0.2, 0.25) is 0 Å². The van der Waals surface area contributed by atoms with Crippen molar-refractivity contribution in [3.63, 3.8) is 0 Å². The summed E-state index contributed by atoms with van der Waals surface area (Å²) in [6.07, 6.45) is 2.06. The number of nitrogens with zero attached hydrogens (tertiary/aromatic N) is 2. The molecule has 0 aliphatic carbocycles. The van der Waals surface area contributed by atoms with E-state index in [1.54, 1.807) is 29.2 Å². The van der Waals surface area contributed by atoms with E-state index >= 15 is 0 Å². The first kappa shape index (κ1) is 19.6. The van der Waals surface area contributed by atoms with E-state index in [-0.39, 0.29) is 24.8 Å². The molecule has 0 bridgehead atoms. The van der Waals surface area contributed by atoms with Crippen molar-refractivity contribution >= 4 is 29.2 Å². The van der Waals surface area contributed by atoms with E-state index in [1.165, 1.54) is 24.5 Å². The number of rotatable bonds is 5. The van der Waals surface area contributed by atoms with Gasteiger partial charge in [0.2, 0.25) is 11.8 Å². The standard InChI is InChI=1S/C22H24N2O4/c1-16(25)23(20-12-6-4-10-18(20)22(27)28-2)15-13-21(26)24-14-7-9-17-8-3-5-11-19(17)24/h3-6,8,10-12H,7,9,13-15H2,1-2H3. The molecule has 6 heteroatoms. The molecule has 146 valence electrons. The third-order valence-electron chi connectivity index (χ3n) is 4.94. The second-order valence-corrected chi connectivity index (χ2v) is 6.71. The maximum Gasteiger partial charge on any atom is 0.339 e. The van der Waals surface area contributed by atoms with Crippen molar-refractivity contribution in [1.82, 2.24) is 0 Å². The predicted octanol–water partition coefficient (Wildman–Crippen LogP) is 3.20. The van der Waals surface area contributed by atoms with Crippen LogP contribution in [-0.4, -0.2) is 38.0 Å². The molecule has 0 aromatic heterocycles. The van der Waals surface area contributed by atoms with Crippen LogP contribution in [0.3, 0.4) is 0 Å². The van der Waals surface area contributed by atoms with E-state index < -0.39 is 5.97 Å². The zero-order valence-electron chi connectivity index (χ0n) is 16.2. The van der Waals surface area contributed by atoms with Crippen LogP contribution in [-0.2, 0) is 20.7 Å². The number of esters is 1. The fourth-order valence-electron chi connectivity index (χ4n) is 3.57. The van der Waals surface area contributed by atoms with Crippen molar-refractivity contribution in [1.29, 1.82) is 0 Å². The Labute approximate surface area is 164 Å². The Morgan fingerprint density at radius 2 is 1.79 bits per heavy atom. The van der Waals surface area contributed by atoms with Crippen molar-refractivity contribution in [2.24, 2.45) is 0 Å². The van der Waals surface area contributed by atoms with Crippen molar-refractivity contribution in [2.45, 2.75) is 26.2 Å². The normalized spacial score (nSPS) is 12.9. The van der Waals surface area contributed by atoms with E-state index in [2.05, 4.69) is 0 Å². The lowest BCUT2D eigenvalue weighted by molar-refractivity contribution is -0.118. The quantitative estimate of drug-likeness (QED) is 0.747. The maximum absolute atomic E-state index is 12.9. The largest absolute Gasteiger partial charge is 0.465 e. The molecule has 1 aliphatic heterocycles. The summed E-state index contributed by atoms with van der Waals surface area (Å²) in [5.41, 5.74) is 2.87. The van der Waals surface area contributed by atoms with Gasteiger partial charge in [-0.3, -0.25) is 9.59 Å². The second kappa shape index (κ2) is 8.69. The number of para-hydroxylation sites is 2. The van der Waals surface area contributed by atoms with Crippen LogP contribution >= 0.6 is 0 Å². The minimum Gasteiger partial charge on any atom is -0.465 e. The molecule has 0 spiro atoms. The minimum absolute atomic E-state index is 0.0334. The lowest BCUT2D eigenvalue weighted by Crippen LogP contribution is -2.39. The number of amides is 2. The van der Waals surface area contributed by atoms with E-state index in [0.717, 1.165) is 18.5 Å². The van der Waals surface area contributed by atoms with E-state index in [4.69, 9.17) is 4.74 Å². The molecule has 6 nitrogen and oxygen atoms in total. The van der Waals surface area contributed by atoms with Gasteiger partial charge in [-0.05, 0) is 36.6 Å². The van der Waals surface area contributed by atoms with Crippen LogP contribution in [0.25, 0.3) is 0 Å². The topological polar surface area (TPSA) is 66.9 Å². The molecule has 1 heterocycles. The van der Waals surface area contributed by atoms with Gasteiger partial charge in [0.05, 0.1) is 18.4 Å². The highest BCUT2D eigenvalue weighted by molar-refractivity contribution is 6.02. The molecular formula is C22H24N2O4. The molecule has 0 radical (unpaired) electrons. The van der Waals surface area contributed by atoms with Gasteiger partial charge >= 0.3 is 5.97 Å². The third-order valence-corrected chi connectivity index (χ3v) is 4.94. The Bertz CT molecular complexity index is 894. The lowest BCUT2D eigenvalue weighted by atomic mass is 10.0. The highest BCUT2D eigenvalue weighted by Crippen LogP contribution is 2.28. The van der Waals surface area contributed by atoms with Gasteiger partial charge in [0, 0.05) is 32.1 Å². The van der Waals surface area contributed by atoms with Crippen LogP contribution in [0.15, 0.2) is 48.5 Å². The third kappa shape index (κ3) is 4.06. The Balaban J connectivity index is 1.78. The number of hydrogen-bond donors (Lipinski definition) is 0. The molecule has 2 aromatic carbocycles. The van der Waals surface area contributed by atoms with Crippen LogP contribution in [0.4, 0.5) is 11.4 Å².